The number of furan rings is 1. The lowest BCUT2D eigenvalue weighted by molar-refractivity contribution is 0.00578. The van der Waals surface area contributed by atoms with Crippen LogP contribution in [-0.2, 0) is 15.7 Å². The first-order valence-electron chi connectivity index (χ1n) is 10.8. The van der Waals surface area contributed by atoms with Crippen LogP contribution in [0.2, 0.25) is 0 Å². The van der Waals surface area contributed by atoms with Crippen molar-refractivity contribution in [3.05, 3.63) is 90.2 Å². The fraction of sp³-hybridized carbons (Fsp3) is 0.259. The topological polar surface area (TPSA) is 31.6 Å². The smallest absolute Gasteiger partial charge is 0.460 e. The van der Waals surface area contributed by atoms with Gasteiger partial charge in [0.25, 0.3) is 0 Å². The Balaban J connectivity index is 1.52. The third-order valence-electron chi connectivity index (χ3n) is 6.60. The predicted molar refractivity (Wildman–Crippen MR) is 127 cm³/mol. The molecule has 0 amide bonds. The van der Waals surface area contributed by atoms with E-state index in [4.69, 9.17) is 13.7 Å². The number of para-hydroxylation sites is 1. The van der Waals surface area contributed by atoms with Crippen molar-refractivity contribution in [1.29, 1.82) is 0 Å². The summed E-state index contributed by atoms with van der Waals surface area (Å²) in [5.74, 6) is 0.982. The van der Waals surface area contributed by atoms with E-state index < -0.39 is 0 Å². The highest BCUT2D eigenvalue weighted by Crippen LogP contribution is 2.38. The maximum absolute atomic E-state index is 6.29. The molecule has 4 aromatic rings. The Morgan fingerprint density at radius 1 is 0.710 bits per heavy atom. The van der Waals surface area contributed by atoms with E-state index in [2.05, 4.69) is 88.4 Å². The molecule has 4 heteroatoms. The molecule has 0 radical (unpaired) electrons. The van der Waals surface area contributed by atoms with Crippen LogP contribution in [0.3, 0.4) is 0 Å². The quantitative estimate of drug-likeness (QED) is 0.388. The summed E-state index contributed by atoms with van der Waals surface area (Å²) in [6.45, 7) is 8.31. The van der Waals surface area contributed by atoms with Gasteiger partial charge in [-0.1, -0.05) is 72.8 Å². The first-order chi connectivity index (χ1) is 14.8. The molecule has 2 heterocycles. The Kier molecular flexibility index (Phi) is 4.80. The second kappa shape index (κ2) is 7.40. The summed E-state index contributed by atoms with van der Waals surface area (Å²) in [5, 5.41) is 1.14. The zero-order valence-electron chi connectivity index (χ0n) is 18.5. The summed E-state index contributed by atoms with van der Waals surface area (Å²) in [7, 11) is -0.357. The number of hydrogen-bond acceptors (Lipinski definition) is 3. The number of fused-ring (bicyclic) bond motifs is 1. The summed E-state index contributed by atoms with van der Waals surface area (Å²) in [6.07, 6.45) is 0.754. The van der Waals surface area contributed by atoms with E-state index in [0.717, 1.165) is 39.7 Å². The minimum Gasteiger partial charge on any atom is -0.460 e. The molecule has 1 aliphatic rings. The van der Waals surface area contributed by atoms with Gasteiger partial charge >= 0.3 is 7.12 Å². The van der Waals surface area contributed by atoms with Crippen LogP contribution in [0, 0.1) is 0 Å². The van der Waals surface area contributed by atoms with E-state index in [9.17, 15) is 0 Å². The number of rotatable bonds is 4. The standard InChI is InChI=1S/C27H27BO3/c1-26(2)27(3,4)31-28(30-26)21-16-14-20(15-17-21)25-22-12-8-9-13-23(22)29-24(25)18-19-10-6-5-7-11-19/h5-17H,18H2,1-4H3. The fourth-order valence-electron chi connectivity index (χ4n) is 4.10. The Morgan fingerprint density at radius 2 is 1.32 bits per heavy atom. The van der Waals surface area contributed by atoms with Gasteiger partial charge in [-0.25, -0.2) is 0 Å². The molecule has 0 bridgehead atoms. The van der Waals surface area contributed by atoms with Gasteiger partial charge in [-0.3, -0.25) is 0 Å². The molecule has 3 nitrogen and oxygen atoms in total. The molecule has 1 aromatic heterocycles. The summed E-state index contributed by atoms with van der Waals surface area (Å²) in [6, 6.07) is 27.2. The second-order valence-electron chi connectivity index (χ2n) is 9.27. The summed E-state index contributed by atoms with van der Waals surface area (Å²) in [4.78, 5) is 0. The summed E-state index contributed by atoms with van der Waals surface area (Å²) in [5.41, 5.74) is 4.77. The van der Waals surface area contributed by atoms with Crippen LogP contribution in [0.4, 0.5) is 0 Å². The molecule has 31 heavy (non-hydrogen) atoms. The Labute approximate surface area is 184 Å². The van der Waals surface area contributed by atoms with Crippen LogP contribution in [0.15, 0.2) is 83.3 Å². The molecule has 0 saturated carbocycles. The highest BCUT2D eigenvalue weighted by Gasteiger charge is 2.51. The van der Waals surface area contributed by atoms with E-state index in [1.807, 2.05) is 18.2 Å². The normalized spacial score (nSPS) is 17.4. The number of benzene rings is 3. The average molecular weight is 410 g/mol. The third-order valence-corrected chi connectivity index (χ3v) is 6.60. The molecule has 0 N–H and O–H groups in total. The molecule has 1 saturated heterocycles. The lowest BCUT2D eigenvalue weighted by Gasteiger charge is -2.32. The largest absolute Gasteiger partial charge is 0.494 e. The van der Waals surface area contributed by atoms with E-state index >= 15 is 0 Å². The van der Waals surface area contributed by atoms with Crippen molar-refractivity contribution in [2.45, 2.75) is 45.3 Å². The summed E-state index contributed by atoms with van der Waals surface area (Å²) >= 11 is 0. The Bertz CT molecular complexity index is 1190. The van der Waals surface area contributed by atoms with Crippen LogP contribution in [0.25, 0.3) is 22.1 Å². The molecule has 156 valence electrons. The van der Waals surface area contributed by atoms with Crippen LogP contribution in [-0.4, -0.2) is 18.3 Å². The highest BCUT2D eigenvalue weighted by molar-refractivity contribution is 6.62. The zero-order chi connectivity index (χ0) is 21.6. The van der Waals surface area contributed by atoms with Gasteiger partial charge in [0, 0.05) is 17.4 Å². The molecule has 0 unspecified atom stereocenters. The lowest BCUT2D eigenvalue weighted by atomic mass is 9.78. The molecular formula is C27H27BO3. The van der Waals surface area contributed by atoms with Crippen molar-refractivity contribution in [1.82, 2.24) is 0 Å². The maximum atomic E-state index is 6.29. The average Bonchev–Trinajstić information content (AvgIpc) is 3.21. The number of hydrogen-bond donors (Lipinski definition) is 0. The molecule has 1 fully saturated rings. The Morgan fingerprint density at radius 3 is 2.00 bits per heavy atom. The first kappa shape index (κ1) is 20.1. The minimum atomic E-state index is -0.357. The molecule has 1 aliphatic heterocycles. The predicted octanol–water partition coefficient (Wildman–Crippen LogP) is 5.99. The van der Waals surface area contributed by atoms with Gasteiger partial charge in [-0.2, -0.15) is 0 Å². The van der Waals surface area contributed by atoms with E-state index in [0.29, 0.717) is 0 Å². The third kappa shape index (κ3) is 3.60. The van der Waals surface area contributed by atoms with Gasteiger partial charge in [-0.05, 0) is 50.4 Å². The van der Waals surface area contributed by atoms with Crippen molar-refractivity contribution >= 4 is 23.6 Å². The van der Waals surface area contributed by atoms with Gasteiger partial charge in [0.15, 0.2) is 0 Å². The molecule has 0 spiro atoms. The maximum Gasteiger partial charge on any atom is 0.494 e. The van der Waals surface area contributed by atoms with Gasteiger partial charge < -0.3 is 13.7 Å². The monoisotopic (exact) mass is 410 g/mol. The zero-order valence-corrected chi connectivity index (χ0v) is 18.5. The Hall–Kier alpha value is -2.82. The van der Waals surface area contributed by atoms with Crippen LogP contribution in [0.1, 0.15) is 39.0 Å². The second-order valence-corrected chi connectivity index (χ2v) is 9.27. The van der Waals surface area contributed by atoms with Crippen molar-refractivity contribution in [2.24, 2.45) is 0 Å². The SMILES string of the molecule is CC1(C)OB(c2ccc(-c3c(Cc4ccccc4)oc4ccccc34)cc2)OC1(C)C. The van der Waals surface area contributed by atoms with E-state index in [1.165, 1.54) is 5.56 Å². The van der Waals surface area contributed by atoms with Crippen molar-refractivity contribution in [2.75, 3.05) is 0 Å². The van der Waals surface area contributed by atoms with Crippen LogP contribution in [0.5, 0.6) is 0 Å². The molecular weight excluding hydrogens is 383 g/mol. The molecule has 3 aromatic carbocycles. The first-order valence-corrected chi connectivity index (χ1v) is 10.8. The minimum absolute atomic E-state index is 0.347. The van der Waals surface area contributed by atoms with Gasteiger partial charge in [0.2, 0.25) is 0 Å². The van der Waals surface area contributed by atoms with Gasteiger partial charge in [0.1, 0.15) is 11.3 Å². The highest BCUT2D eigenvalue weighted by atomic mass is 16.7. The molecule has 0 aliphatic carbocycles. The molecule has 0 atom stereocenters. The van der Waals surface area contributed by atoms with Crippen molar-refractivity contribution < 1.29 is 13.7 Å². The fourth-order valence-corrected chi connectivity index (χ4v) is 4.10. The van der Waals surface area contributed by atoms with E-state index in [-0.39, 0.29) is 18.3 Å². The van der Waals surface area contributed by atoms with Gasteiger partial charge in [-0.15, -0.1) is 0 Å². The van der Waals surface area contributed by atoms with E-state index in [1.54, 1.807) is 0 Å². The lowest BCUT2D eigenvalue weighted by Crippen LogP contribution is -2.41. The van der Waals surface area contributed by atoms with Gasteiger partial charge in [0.05, 0.1) is 11.2 Å². The molecule has 5 rings (SSSR count). The van der Waals surface area contributed by atoms with Crippen LogP contribution >= 0.6 is 0 Å². The van der Waals surface area contributed by atoms with Crippen molar-refractivity contribution in [3.63, 3.8) is 0 Å². The van der Waals surface area contributed by atoms with Crippen molar-refractivity contribution in [3.8, 4) is 11.1 Å². The van der Waals surface area contributed by atoms with Crippen LogP contribution < -0.4 is 5.46 Å². The summed E-state index contributed by atoms with van der Waals surface area (Å²) < 4.78 is 18.7.